The number of aliphatic hydroxyl groups is 6. The number of cyclic esters (lactones) is 1. The van der Waals surface area contributed by atoms with Gasteiger partial charge in [0.25, 0.3) is 0 Å². The number of likely N-dealkylation sites (N-methyl/N-ethyl adjacent to an activating group) is 2. The Kier molecular flexibility index (Phi) is 19.8. The van der Waals surface area contributed by atoms with Crippen LogP contribution in [0.1, 0.15) is 112 Å². The van der Waals surface area contributed by atoms with Gasteiger partial charge >= 0.3 is 5.97 Å². The van der Waals surface area contributed by atoms with Crippen LogP contribution in [0.15, 0.2) is 36.7 Å². The van der Waals surface area contributed by atoms with Crippen LogP contribution in [0.3, 0.4) is 0 Å². The van der Waals surface area contributed by atoms with Crippen molar-refractivity contribution in [2.75, 3.05) is 34.3 Å². The van der Waals surface area contributed by atoms with E-state index in [4.69, 9.17) is 28.4 Å². The van der Waals surface area contributed by atoms with E-state index in [-0.39, 0.29) is 37.9 Å². The van der Waals surface area contributed by atoms with Crippen molar-refractivity contribution in [3.8, 4) is 5.69 Å². The maximum atomic E-state index is 14.5. The van der Waals surface area contributed by atoms with Crippen LogP contribution in [-0.4, -0.2) is 201 Å². The zero-order valence-corrected chi connectivity index (χ0v) is 45.3. The third kappa shape index (κ3) is 13.9. The Morgan fingerprint density at radius 2 is 1.58 bits per heavy atom. The third-order valence-electron chi connectivity index (χ3n) is 16.0. The van der Waals surface area contributed by atoms with Gasteiger partial charge in [-0.1, -0.05) is 43.3 Å². The number of aryl methyl sites for hydroxylation is 2. The molecule has 0 bridgehead atoms. The van der Waals surface area contributed by atoms with Gasteiger partial charge in [0.1, 0.15) is 35.7 Å². The number of carbonyl (C=O) groups excluding carboxylic acids is 1. The molecule has 3 aliphatic heterocycles. The van der Waals surface area contributed by atoms with Crippen molar-refractivity contribution in [3.63, 3.8) is 0 Å². The summed E-state index contributed by atoms with van der Waals surface area (Å²) in [7, 11) is 5.28. The number of nitrogens with zero attached hydrogens (tertiary/aromatic N) is 8. The summed E-state index contributed by atoms with van der Waals surface area (Å²) < 4.78 is 41.8. The van der Waals surface area contributed by atoms with Gasteiger partial charge in [0.05, 0.1) is 65.7 Å². The lowest BCUT2D eigenvalue weighted by Gasteiger charge is -2.49. The highest BCUT2D eigenvalue weighted by Gasteiger charge is 2.53. The molecule has 6 rings (SSSR count). The largest absolute Gasteiger partial charge is 0.459 e. The fourth-order valence-corrected chi connectivity index (χ4v) is 11.2. The standard InChI is InChI=1S/C52H86N8O13/c1-14-41-52(10,67)45(63)34(6)58(12)26-30(2)24-50(8,66)47(32(4)44(33(5)48(65)71-41)72-42-25-51(9,68-13)46(64)35(7)70-42)73-49-43(62)40(23-31(3)69-49)57(11)21-20-37-27-59(55-53-37)22-19-36-15-17-39(18-16-36)60-28-38(29-61)54-56-60/h15-18,27-28,30-35,40-47,49,61-64,66-67H,14,19-26,29H2,1-13H3/t30-,31-,32+,33-,34-,35+,40+,41-,42+,43-,44+,45-,46+,47-,49+,50-,51-,52-/m1/s1. The van der Waals surface area contributed by atoms with Gasteiger partial charge in [0, 0.05) is 63.8 Å². The van der Waals surface area contributed by atoms with E-state index >= 15 is 0 Å². The molecule has 21 nitrogen and oxygen atoms in total. The van der Waals surface area contributed by atoms with Gasteiger partial charge in [-0.05, 0) is 112 Å². The van der Waals surface area contributed by atoms with E-state index < -0.39 is 102 Å². The molecule has 0 aliphatic carbocycles. The summed E-state index contributed by atoms with van der Waals surface area (Å²) in [6.45, 7) is 19.0. The lowest BCUT2D eigenvalue weighted by atomic mass is 9.77. The Morgan fingerprint density at radius 1 is 0.890 bits per heavy atom. The van der Waals surface area contributed by atoms with E-state index in [1.165, 1.54) is 14.0 Å². The second-order valence-corrected chi connectivity index (χ2v) is 22.1. The van der Waals surface area contributed by atoms with Crippen LogP contribution in [0.2, 0.25) is 0 Å². The van der Waals surface area contributed by atoms with Gasteiger partial charge in [0.15, 0.2) is 12.6 Å². The monoisotopic (exact) mass is 1030 g/mol. The van der Waals surface area contributed by atoms with Gasteiger partial charge in [-0.2, -0.15) is 0 Å². The normalized spacial score (nSPS) is 38.7. The van der Waals surface area contributed by atoms with Gasteiger partial charge in [-0.3, -0.25) is 9.48 Å². The van der Waals surface area contributed by atoms with Crippen molar-refractivity contribution in [1.29, 1.82) is 0 Å². The van der Waals surface area contributed by atoms with E-state index in [9.17, 15) is 35.4 Å². The Labute approximate surface area is 431 Å². The van der Waals surface area contributed by atoms with Gasteiger partial charge in [-0.25, -0.2) is 4.68 Å². The molecule has 3 saturated heterocycles. The molecule has 0 unspecified atom stereocenters. The van der Waals surface area contributed by atoms with Crippen molar-refractivity contribution in [1.82, 2.24) is 39.8 Å². The number of rotatable bonds is 15. The van der Waals surface area contributed by atoms with Crippen LogP contribution in [0.25, 0.3) is 5.69 Å². The lowest BCUT2D eigenvalue weighted by Crippen LogP contribution is -2.61. The van der Waals surface area contributed by atoms with Crippen LogP contribution in [0.5, 0.6) is 0 Å². The zero-order chi connectivity index (χ0) is 53.7. The first-order valence-corrected chi connectivity index (χ1v) is 26.1. The van der Waals surface area contributed by atoms with Crippen LogP contribution in [0.4, 0.5) is 0 Å². The number of esters is 1. The quantitative estimate of drug-likeness (QED) is 0.119. The number of hydrogen-bond acceptors (Lipinski definition) is 19. The maximum Gasteiger partial charge on any atom is 0.311 e. The summed E-state index contributed by atoms with van der Waals surface area (Å²) in [6, 6.07) is 6.95. The van der Waals surface area contributed by atoms with Crippen molar-refractivity contribution < 1.29 is 63.9 Å². The molecule has 3 aromatic rings. The number of carbonyl (C=O) groups is 1. The first kappa shape index (κ1) is 58.7. The number of benzene rings is 1. The number of hydrogen-bond donors (Lipinski definition) is 6. The van der Waals surface area contributed by atoms with E-state index in [1.807, 2.05) is 74.9 Å². The van der Waals surface area contributed by atoms with E-state index in [0.29, 0.717) is 38.2 Å². The number of aromatic nitrogens is 6. The van der Waals surface area contributed by atoms with Crippen molar-refractivity contribution in [2.24, 2.45) is 17.8 Å². The molecule has 0 amide bonds. The molecule has 0 radical (unpaired) electrons. The summed E-state index contributed by atoms with van der Waals surface area (Å²) in [6.07, 6.45) is -4.16. The van der Waals surface area contributed by atoms with Crippen LogP contribution in [-0.2, 0) is 59.2 Å². The molecule has 73 heavy (non-hydrogen) atoms. The summed E-state index contributed by atoms with van der Waals surface area (Å²) in [5, 5.41) is 85.9. The molecule has 0 saturated carbocycles. The minimum atomic E-state index is -1.84. The molecule has 21 heteroatoms. The van der Waals surface area contributed by atoms with E-state index in [0.717, 1.165) is 23.4 Å². The van der Waals surface area contributed by atoms with Gasteiger partial charge in [-0.15, -0.1) is 10.2 Å². The maximum absolute atomic E-state index is 14.5. The zero-order valence-electron chi connectivity index (χ0n) is 45.3. The minimum absolute atomic E-state index is 0.100. The minimum Gasteiger partial charge on any atom is -0.459 e. The molecule has 412 valence electrons. The van der Waals surface area contributed by atoms with Crippen LogP contribution >= 0.6 is 0 Å². The first-order valence-electron chi connectivity index (χ1n) is 26.1. The average molecular weight is 1030 g/mol. The Morgan fingerprint density at radius 3 is 2.22 bits per heavy atom. The Hall–Kier alpha value is -3.55. The molecule has 1 aromatic carbocycles. The number of ether oxygens (including phenoxy) is 6. The molecule has 0 spiro atoms. The van der Waals surface area contributed by atoms with E-state index in [2.05, 4.69) is 25.5 Å². The molecule has 6 N–H and O–H groups in total. The average Bonchev–Trinajstić information content (AvgIpc) is 4.04. The number of methoxy groups -OCH3 is 1. The third-order valence-corrected chi connectivity index (χ3v) is 16.0. The Bertz CT molecular complexity index is 2200. The molecule has 3 aliphatic rings. The second-order valence-electron chi connectivity index (χ2n) is 22.1. The lowest BCUT2D eigenvalue weighted by molar-refractivity contribution is -0.318. The fraction of sp³-hybridized carbons (Fsp3) is 0.788. The summed E-state index contributed by atoms with van der Waals surface area (Å²) >= 11 is 0. The number of aliphatic hydroxyl groups excluding tert-OH is 4. The summed E-state index contributed by atoms with van der Waals surface area (Å²) in [4.78, 5) is 18.5. The van der Waals surface area contributed by atoms with E-state index in [1.54, 1.807) is 52.4 Å². The van der Waals surface area contributed by atoms with Gasteiger partial charge in [0.2, 0.25) is 0 Å². The Balaban J connectivity index is 1.22. The SMILES string of the molecule is CC[C@H]1OC(=O)[C@H](C)[C@@H](O[C@H]2C[C@@](C)(OC)[C@@H](O)[C@H](C)O2)[C@H](C)[C@@H](O[C@@H]2O[C@H](C)C[C@H](N(C)CCc3cn(CCc4ccc(-n5cc(CO)nn5)cc4)nn3)[C@H]2O)[C@](C)(O)C[C@@H](C)CN(C)[C@H](C)[C@@H](O)[C@]1(C)O. The molecular formula is C52H86N8O13. The summed E-state index contributed by atoms with van der Waals surface area (Å²) in [5.41, 5.74) is -1.30. The molecule has 3 fully saturated rings. The first-order chi connectivity index (χ1) is 34.3. The molecule has 18 atom stereocenters. The highest BCUT2D eigenvalue weighted by Crippen LogP contribution is 2.40. The summed E-state index contributed by atoms with van der Waals surface area (Å²) in [5.74, 6) is -2.78. The van der Waals surface area contributed by atoms with Crippen molar-refractivity contribution >= 4 is 5.97 Å². The molecule has 2 aromatic heterocycles. The van der Waals surface area contributed by atoms with Crippen molar-refractivity contribution in [3.05, 3.63) is 53.6 Å². The molecular weight excluding hydrogens is 945 g/mol. The predicted octanol–water partition coefficient (Wildman–Crippen LogP) is 2.42. The topological polar surface area (TPSA) is 262 Å². The van der Waals surface area contributed by atoms with Crippen LogP contribution < -0.4 is 0 Å². The predicted molar refractivity (Wildman–Crippen MR) is 268 cm³/mol. The second kappa shape index (κ2) is 24.6. The van der Waals surface area contributed by atoms with Gasteiger partial charge < -0.3 is 68.9 Å². The molecule has 5 heterocycles. The highest BCUT2D eigenvalue weighted by molar-refractivity contribution is 5.73. The highest BCUT2D eigenvalue weighted by atomic mass is 16.7. The van der Waals surface area contributed by atoms with Crippen LogP contribution in [0, 0.1) is 17.8 Å². The van der Waals surface area contributed by atoms with Crippen molar-refractivity contribution in [2.45, 2.75) is 211 Å². The fourth-order valence-electron chi connectivity index (χ4n) is 11.2. The smallest absolute Gasteiger partial charge is 0.311 e.